The monoisotopic (exact) mass is 663 g/mol. The second-order valence-electron chi connectivity index (χ2n) is 12.1. The summed E-state index contributed by atoms with van der Waals surface area (Å²) in [6.07, 6.45) is -2.87. The molecule has 0 saturated carbocycles. The van der Waals surface area contributed by atoms with Gasteiger partial charge in [0.15, 0.2) is 0 Å². The molecule has 0 spiro atoms. The Bertz CT molecular complexity index is 1390. The molecule has 3 aliphatic heterocycles. The third kappa shape index (κ3) is 8.34. The van der Waals surface area contributed by atoms with E-state index in [4.69, 9.17) is 5.10 Å². The number of hydrogen-bond donors (Lipinski definition) is 2. The average molecular weight is 664 g/mol. The fourth-order valence-electron chi connectivity index (χ4n) is 6.22. The van der Waals surface area contributed by atoms with E-state index >= 15 is 0 Å². The van der Waals surface area contributed by atoms with Crippen molar-refractivity contribution in [2.45, 2.75) is 74.6 Å². The van der Waals surface area contributed by atoms with Crippen molar-refractivity contribution < 1.29 is 36.2 Å². The molecule has 0 bridgehead atoms. The van der Waals surface area contributed by atoms with Crippen molar-refractivity contribution in [1.82, 2.24) is 23.9 Å². The first kappa shape index (κ1) is 33.6. The number of nitrogens with zero attached hydrogens (tertiary/aromatic N) is 5. The van der Waals surface area contributed by atoms with Crippen LogP contribution >= 0.6 is 11.8 Å². The van der Waals surface area contributed by atoms with Gasteiger partial charge in [-0.05, 0) is 37.8 Å². The number of sulfonamides is 1. The lowest BCUT2D eigenvalue weighted by atomic mass is 10.0. The molecule has 246 valence electrons. The fourth-order valence-corrected chi connectivity index (χ4v) is 8.13. The first-order valence-corrected chi connectivity index (χ1v) is 17.9. The summed E-state index contributed by atoms with van der Waals surface area (Å²) in [5, 5.41) is 25.5. The van der Waals surface area contributed by atoms with E-state index in [1.54, 1.807) is 4.68 Å². The third-order valence-electron chi connectivity index (χ3n) is 8.72. The second-order valence-corrected chi connectivity index (χ2v) is 15.2. The van der Waals surface area contributed by atoms with Crippen LogP contribution in [0.2, 0.25) is 0 Å². The number of benzene rings is 1. The van der Waals surface area contributed by atoms with Crippen molar-refractivity contribution in [3.63, 3.8) is 0 Å². The van der Waals surface area contributed by atoms with E-state index in [1.807, 2.05) is 0 Å². The van der Waals surface area contributed by atoms with Crippen LogP contribution in [0.4, 0.5) is 17.6 Å². The van der Waals surface area contributed by atoms with Gasteiger partial charge in [-0.2, -0.15) is 22.6 Å². The Balaban J connectivity index is 1.41. The topological polar surface area (TPSA) is 102 Å². The summed E-state index contributed by atoms with van der Waals surface area (Å²) >= 11 is 1.10. The number of piperidine rings is 2. The third-order valence-corrected chi connectivity index (χ3v) is 11.0. The van der Waals surface area contributed by atoms with Gasteiger partial charge in [-0.1, -0.05) is 6.07 Å². The van der Waals surface area contributed by atoms with Gasteiger partial charge in [0.25, 0.3) is 0 Å². The van der Waals surface area contributed by atoms with Gasteiger partial charge in [-0.15, -0.1) is 11.8 Å². The molecule has 44 heavy (non-hydrogen) atoms. The maximum Gasteiger partial charge on any atom is 0.417 e. The van der Waals surface area contributed by atoms with Crippen LogP contribution in [0.25, 0.3) is 11.3 Å². The predicted octanol–water partition coefficient (Wildman–Crippen LogP) is 3.23. The molecule has 2 N–H and O–H groups in total. The summed E-state index contributed by atoms with van der Waals surface area (Å²) in [7, 11) is -3.53. The molecular formula is C29H41F4N5O4S2. The van der Waals surface area contributed by atoms with E-state index < -0.39 is 34.0 Å². The highest BCUT2D eigenvalue weighted by molar-refractivity contribution is 7.99. The number of thioether (sulfide) groups is 1. The van der Waals surface area contributed by atoms with Crippen LogP contribution in [0.5, 0.6) is 0 Å². The quantitative estimate of drug-likeness (QED) is 0.295. The van der Waals surface area contributed by atoms with E-state index in [9.17, 15) is 36.2 Å². The fraction of sp³-hybridized carbons (Fsp3) is 0.690. The number of alkyl halides is 4. The highest BCUT2D eigenvalue weighted by Gasteiger charge is 2.35. The lowest BCUT2D eigenvalue weighted by Crippen LogP contribution is -2.41. The van der Waals surface area contributed by atoms with Gasteiger partial charge < -0.3 is 20.0 Å². The first-order valence-electron chi connectivity index (χ1n) is 15.1. The Labute approximate surface area is 260 Å². The van der Waals surface area contributed by atoms with Gasteiger partial charge in [0.2, 0.25) is 10.0 Å². The summed E-state index contributed by atoms with van der Waals surface area (Å²) in [4.78, 5) is 4.20. The van der Waals surface area contributed by atoms with Crippen LogP contribution in [0.3, 0.4) is 0 Å². The van der Waals surface area contributed by atoms with Crippen molar-refractivity contribution >= 4 is 21.8 Å². The molecule has 1 aromatic carbocycles. The molecule has 0 unspecified atom stereocenters. The Morgan fingerprint density at radius 3 is 2.39 bits per heavy atom. The Hall–Kier alpha value is -1.75. The summed E-state index contributed by atoms with van der Waals surface area (Å²) in [5.74, 6) is 0.400. The molecule has 2 aromatic rings. The smallest absolute Gasteiger partial charge is 0.393 e. The van der Waals surface area contributed by atoms with Crippen LogP contribution in [0, 0.1) is 0 Å². The first-order chi connectivity index (χ1) is 20.8. The van der Waals surface area contributed by atoms with Crippen LogP contribution in [-0.4, -0.2) is 119 Å². The minimum atomic E-state index is -4.56. The zero-order valence-corrected chi connectivity index (χ0v) is 26.5. The van der Waals surface area contributed by atoms with Crippen molar-refractivity contribution in [3.8, 4) is 11.3 Å². The maximum absolute atomic E-state index is 14.0. The normalized spacial score (nSPS) is 21.1. The van der Waals surface area contributed by atoms with Crippen molar-refractivity contribution in [1.29, 1.82) is 0 Å². The van der Waals surface area contributed by atoms with Crippen molar-refractivity contribution in [2.75, 3.05) is 57.8 Å². The molecule has 5 rings (SSSR count). The van der Waals surface area contributed by atoms with Gasteiger partial charge in [-0.25, -0.2) is 12.8 Å². The highest BCUT2D eigenvalue weighted by Crippen LogP contribution is 2.40. The number of likely N-dealkylation sites (tertiary alicyclic amines) is 2. The van der Waals surface area contributed by atoms with E-state index in [2.05, 4.69) is 9.80 Å². The zero-order valence-electron chi connectivity index (χ0n) is 24.8. The van der Waals surface area contributed by atoms with E-state index in [0.29, 0.717) is 93.9 Å². The van der Waals surface area contributed by atoms with Crippen LogP contribution in [-0.2, 0) is 35.7 Å². The highest BCUT2D eigenvalue weighted by atomic mass is 32.2. The summed E-state index contributed by atoms with van der Waals surface area (Å²) in [6.45, 7) is 3.87. The summed E-state index contributed by atoms with van der Waals surface area (Å²) in [6, 6.07) is 3.90. The van der Waals surface area contributed by atoms with E-state index in [1.165, 1.54) is 16.4 Å². The number of β-amino-alcohol motifs (C(OH)–C–C–N with tert-alkyl or cyclic N) is 1. The van der Waals surface area contributed by atoms with Crippen LogP contribution < -0.4 is 0 Å². The zero-order chi connectivity index (χ0) is 31.6. The molecule has 1 atom stereocenters. The molecule has 2 saturated heterocycles. The number of hydrogen-bond acceptors (Lipinski definition) is 8. The number of aliphatic hydroxyl groups excluding tert-OH is 2. The minimum Gasteiger partial charge on any atom is -0.393 e. The van der Waals surface area contributed by atoms with Gasteiger partial charge >= 0.3 is 6.18 Å². The second kappa shape index (κ2) is 13.9. The van der Waals surface area contributed by atoms with Crippen LogP contribution in [0.1, 0.15) is 42.5 Å². The lowest BCUT2D eigenvalue weighted by molar-refractivity contribution is -0.139. The van der Waals surface area contributed by atoms with E-state index in [-0.39, 0.29) is 30.6 Å². The molecule has 3 aliphatic rings. The van der Waals surface area contributed by atoms with Crippen LogP contribution in [0.15, 0.2) is 23.1 Å². The molecule has 4 heterocycles. The number of aromatic nitrogens is 2. The number of aliphatic hydroxyl groups is 2. The van der Waals surface area contributed by atoms with Crippen molar-refractivity contribution in [2.24, 2.45) is 0 Å². The van der Waals surface area contributed by atoms with Gasteiger partial charge in [-0.3, -0.25) is 4.68 Å². The Morgan fingerprint density at radius 2 is 1.73 bits per heavy atom. The number of halogens is 4. The Kier molecular flexibility index (Phi) is 10.6. The molecule has 2 fully saturated rings. The molecule has 1 aromatic heterocycles. The maximum atomic E-state index is 14.0. The molecule has 0 radical (unpaired) electrons. The number of rotatable bonds is 10. The SMILES string of the molecule is CS(=O)(=O)N1CCc2c(c(-c3ccc(C(F)(F)F)c(SCCN4CCC(F)CC4)c3)nn2C[C@@H](O)CN2CCC(O)CC2)C1. The molecule has 15 heteroatoms. The molecule has 9 nitrogen and oxygen atoms in total. The summed E-state index contributed by atoms with van der Waals surface area (Å²) < 4.78 is 83.4. The molecular weight excluding hydrogens is 622 g/mol. The van der Waals surface area contributed by atoms with Crippen molar-refractivity contribution in [3.05, 3.63) is 35.0 Å². The number of fused-ring (bicyclic) bond motifs is 1. The molecule has 0 aliphatic carbocycles. The standard InChI is InChI=1S/C29H41F4N5O4S2/c1-44(41,42)37-13-8-26-24(19-37)28(34-38(26)18-23(40)17-36-11-6-22(39)7-12-36)20-2-3-25(29(31,32)33)27(16-20)43-15-14-35-9-4-21(30)5-10-35/h2-3,16,21-23,39-40H,4-15,17-19H2,1H3/t23-/m0/s1. The van der Waals surface area contributed by atoms with E-state index in [0.717, 1.165) is 29.8 Å². The molecule has 0 amide bonds. The minimum absolute atomic E-state index is 0.0393. The van der Waals surface area contributed by atoms with Gasteiger partial charge in [0.05, 0.1) is 36.3 Å². The summed E-state index contributed by atoms with van der Waals surface area (Å²) in [5.41, 5.74) is 1.49. The largest absolute Gasteiger partial charge is 0.417 e. The predicted molar refractivity (Wildman–Crippen MR) is 161 cm³/mol. The van der Waals surface area contributed by atoms with Gasteiger partial charge in [0, 0.05) is 86.2 Å². The Morgan fingerprint density at radius 1 is 1.05 bits per heavy atom. The lowest BCUT2D eigenvalue weighted by Gasteiger charge is -2.31. The van der Waals surface area contributed by atoms with Gasteiger partial charge in [0.1, 0.15) is 6.17 Å². The average Bonchev–Trinajstić information content (AvgIpc) is 3.31.